The molecule has 0 unspecified atom stereocenters. The minimum Gasteiger partial charge on any atom is -0.493 e. The van der Waals surface area contributed by atoms with Gasteiger partial charge >= 0.3 is 5.97 Å². The molecule has 0 saturated heterocycles. The molecule has 0 spiro atoms. The summed E-state index contributed by atoms with van der Waals surface area (Å²) in [5.74, 6) is 1.06. The van der Waals surface area contributed by atoms with Gasteiger partial charge < -0.3 is 18.9 Å². The molecule has 5 aromatic rings. The lowest BCUT2D eigenvalue weighted by atomic mass is 9.94. The van der Waals surface area contributed by atoms with Gasteiger partial charge in [0, 0.05) is 11.1 Å². The van der Waals surface area contributed by atoms with Crippen LogP contribution < -0.4 is 29.1 Å². The van der Waals surface area contributed by atoms with Gasteiger partial charge in [-0.25, -0.2) is 9.79 Å². The highest BCUT2D eigenvalue weighted by molar-refractivity contribution is 7.07. The summed E-state index contributed by atoms with van der Waals surface area (Å²) < 4.78 is 25.5. The molecule has 1 atom stereocenters. The van der Waals surface area contributed by atoms with Crippen molar-refractivity contribution in [2.45, 2.75) is 33.4 Å². The third-order valence-electron chi connectivity index (χ3n) is 7.77. The molecule has 8 nitrogen and oxygen atoms in total. The Morgan fingerprint density at radius 2 is 1.70 bits per heavy atom. The van der Waals surface area contributed by atoms with Crippen molar-refractivity contribution in [3.05, 3.63) is 133 Å². The number of allylic oxidation sites excluding steroid dienone is 1. The second-order valence-corrected chi connectivity index (χ2v) is 11.6. The van der Waals surface area contributed by atoms with Crippen molar-refractivity contribution in [1.82, 2.24) is 4.57 Å². The van der Waals surface area contributed by atoms with Crippen LogP contribution in [0.1, 0.15) is 43.5 Å². The molecule has 6 rings (SSSR count). The van der Waals surface area contributed by atoms with Crippen LogP contribution in [-0.2, 0) is 16.1 Å². The van der Waals surface area contributed by atoms with Gasteiger partial charge in [0.05, 0.1) is 36.1 Å². The van der Waals surface area contributed by atoms with Gasteiger partial charge in [-0.15, -0.1) is 0 Å². The lowest BCUT2D eigenvalue weighted by Crippen LogP contribution is -2.40. The summed E-state index contributed by atoms with van der Waals surface area (Å²) in [5.41, 5.74) is 2.86. The van der Waals surface area contributed by atoms with Crippen LogP contribution in [0.25, 0.3) is 16.8 Å². The first kappa shape index (κ1) is 30.9. The maximum Gasteiger partial charge on any atom is 0.338 e. The van der Waals surface area contributed by atoms with Gasteiger partial charge in [-0.2, -0.15) is 0 Å². The predicted molar refractivity (Wildman–Crippen MR) is 179 cm³/mol. The van der Waals surface area contributed by atoms with Gasteiger partial charge in [-0.1, -0.05) is 84.1 Å². The van der Waals surface area contributed by atoms with E-state index < -0.39 is 12.0 Å². The molecule has 1 aliphatic heterocycles. The van der Waals surface area contributed by atoms with Crippen LogP contribution in [0.3, 0.4) is 0 Å². The summed E-state index contributed by atoms with van der Waals surface area (Å²) in [7, 11) is 1.56. The third-order valence-corrected chi connectivity index (χ3v) is 8.76. The number of methoxy groups -OCH3 is 1. The zero-order valence-corrected chi connectivity index (χ0v) is 26.9. The Kier molecular flexibility index (Phi) is 9.03. The standard InChI is InChI=1S/C37H34N2O6S/c1-5-43-34-27(17-12-18-30(34)42-4)33-32(36(41)44-6-2)23(3)38-37-39(33)35(40)31(46-37)21-28-26-16-11-10-15-25(26)19-20-29(28)45-22-24-13-8-7-9-14-24/h7-21,33H,5-6,22H2,1-4H3/b31-21+/t33-/m0/s1. The number of benzene rings is 4. The number of fused-ring (bicyclic) bond motifs is 2. The number of esters is 1. The lowest BCUT2D eigenvalue weighted by Gasteiger charge is -2.26. The number of ether oxygens (including phenoxy) is 4. The smallest absolute Gasteiger partial charge is 0.338 e. The van der Waals surface area contributed by atoms with E-state index in [4.69, 9.17) is 23.9 Å². The first-order chi connectivity index (χ1) is 22.4. The van der Waals surface area contributed by atoms with Gasteiger partial charge in [0.15, 0.2) is 16.3 Å². The van der Waals surface area contributed by atoms with Gasteiger partial charge in [0.1, 0.15) is 18.4 Å². The minimum atomic E-state index is -0.851. The van der Waals surface area contributed by atoms with Gasteiger partial charge in [0.2, 0.25) is 0 Å². The molecule has 0 N–H and O–H groups in total. The Hall–Kier alpha value is -5.15. The number of carbonyl (C=O) groups is 1. The first-order valence-corrected chi connectivity index (χ1v) is 15.9. The first-order valence-electron chi connectivity index (χ1n) is 15.1. The number of rotatable bonds is 10. The highest BCUT2D eigenvalue weighted by Crippen LogP contribution is 2.41. The number of para-hydroxylation sites is 1. The Bertz CT molecular complexity index is 2130. The zero-order chi connectivity index (χ0) is 32.2. The Balaban J connectivity index is 1.57. The summed E-state index contributed by atoms with van der Waals surface area (Å²) in [4.78, 5) is 33.2. The monoisotopic (exact) mass is 634 g/mol. The van der Waals surface area contributed by atoms with Crippen molar-refractivity contribution in [2.75, 3.05) is 20.3 Å². The normalized spacial score (nSPS) is 14.5. The van der Waals surface area contributed by atoms with Crippen LogP contribution in [0.2, 0.25) is 0 Å². The topological polar surface area (TPSA) is 88.4 Å². The van der Waals surface area contributed by atoms with E-state index in [-0.39, 0.29) is 17.7 Å². The molecule has 0 amide bonds. The van der Waals surface area contributed by atoms with Crippen LogP contribution in [0.4, 0.5) is 0 Å². The second-order valence-electron chi connectivity index (χ2n) is 10.6. The van der Waals surface area contributed by atoms with Gasteiger partial charge in [0.25, 0.3) is 5.56 Å². The molecular weight excluding hydrogens is 600 g/mol. The van der Waals surface area contributed by atoms with E-state index >= 15 is 0 Å². The molecular formula is C37H34N2O6S. The second kappa shape index (κ2) is 13.5. The van der Waals surface area contributed by atoms with Crippen LogP contribution in [0, 0.1) is 0 Å². The molecule has 9 heteroatoms. The SMILES string of the molecule is CCOC(=O)C1=C(C)N=c2s/c(=C/c3c(OCc4ccccc4)ccc4ccccc34)c(=O)n2[C@H]1c1cccc(OC)c1OCC. The van der Waals surface area contributed by atoms with Crippen LogP contribution in [0.15, 0.2) is 106 Å². The quantitative estimate of drug-likeness (QED) is 0.177. The lowest BCUT2D eigenvalue weighted by molar-refractivity contribution is -0.139. The number of nitrogens with zero attached hydrogens (tertiary/aromatic N) is 2. The van der Waals surface area contributed by atoms with Crippen molar-refractivity contribution < 1.29 is 23.7 Å². The maximum absolute atomic E-state index is 14.5. The minimum absolute atomic E-state index is 0.177. The maximum atomic E-state index is 14.5. The molecule has 234 valence electrons. The van der Waals surface area contributed by atoms with Crippen LogP contribution >= 0.6 is 11.3 Å². The molecule has 0 fully saturated rings. The van der Waals surface area contributed by atoms with Crippen LogP contribution in [-0.4, -0.2) is 30.9 Å². The Morgan fingerprint density at radius 3 is 2.46 bits per heavy atom. The van der Waals surface area contributed by atoms with E-state index in [0.29, 0.717) is 51.1 Å². The summed E-state index contributed by atoms with van der Waals surface area (Å²) >= 11 is 1.26. The summed E-state index contributed by atoms with van der Waals surface area (Å²) in [5, 5.41) is 1.97. The molecule has 46 heavy (non-hydrogen) atoms. The molecule has 4 aromatic carbocycles. The summed E-state index contributed by atoms with van der Waals surface area (Å²) in [6.07, 6.45) is 1.86. The fourth-order valence-electron chi connectivity index (χ4n) is 5.71. The van der Waals surface area contributed by atoms with E-state index in [0.717, 1.165) is 21.9 Å². The van der Waals surface area contributed by atoms with Crippen molar-refractivity contribution in [2.24, 2.45) is 4.99 Å². The number of aromatic nitrogens is 1. The predicted octanol–water partition coefficient (Wildman–Crippen LogP) is 5.94. The fourth-order valence-corrected chi connectivity index (χ4v) is 6.74. The summed E-state index contributed by atoms with van der Waals surface area (Å²) in [6, 6.07) is 26.5. The molecule has 1 aliphatic rings. The zero-order valence-electron chi connectivity index (χ0n) is 26.1. The Morgan fingerprint density at radius 1 is 0.913 bits per heavy atom. The number of hydrogen-bond donors (Lipinski definition) is 0. The van der Waals surface area contributed by atoms with Crippen LogP contribution in [0.5, 0.6) is 17.2 Å². The van der Waals surface area contributed by atoms with Crippen molar-refractivity contribution in [3.63, 3.8) is 0 Å². The van der Waals surface area contributed by atoms with Crippen molar-refractivity contribution in [3.8, 4) is 17.2 Å². The number of hydrogen-bond acceptors (Lipinski definition) is 8. The van der Waals surface area contributed by atoms with Crippen molar-refractivity contribution in [1.29, 1.82) is 0 Å². The highest BCUT2D eigenvalue weighted by Gasteiger charge is 2.36. The van der Waals surface area contributed by atoms with Crippen molar-refractivity contribution >= 4 is 34.2 Å². The van der Waals surface area contributed by atoms with Gasteiger partial charge in [-0.3, -0.25) is 9.36 Å². The average molecular weight is 635 g/mol. The van der Waals surface area contributed by atoms with Gasteiger partial charge in [-0.05, 0) is 55.3 Å². The largest absolute Gasteiger partial charge is 0.493 e. The van der Waals surface area contributed by atoms with E-state index in [1.807, 2.05) is 91.9 Å². The van der Waals surface area contributed by atoms with E-state index in [2.05, 4.69) is 0 Å². The number of thiazole rings is 1. The molecule has 1 aromatic heterocycles. The molecule has 0 aliphatic carbocycles. The Labute approximate surface area is 270 Å². The molecule has 2 heterocycles. The van der Waals surface area contributed by atoms with E-state index in [1.54, 1.807) is 31.6 Å². The van der Waals surface area contributed by atoms with E-state index in [9.17, 15) is 9.59 Å². The molecule has 0 bridgehead atoms. The molecule has 0 radical (unpaired) electrons. The average Bonchev–Trinajstić information content (AvgIpc) is 3.38. The molecule has 0 saturated carbocycles. The fraction of sp³-hybridized carbons (Fsp3) is 0.216. The van der Waals surface area contributed by atoms with E-state index in [1.165, 1.54) is 11.3 Å². The number of carbonyl (C=O) groups excluding carboxylic acids is 1. The summed E-state index contributed by atoms with van der Waals surface area (Å²) in [6.45, 7) is 6.29. The third kappa shape index (κ3) is 5.81. The highest BCUT2D eigenvalue weighted by atomic mass is 32.1.